The lowest BCUT2D eigenvalue weighted by Crippen LogP contribution is -2.19. The second-order valence-corrected chi connectivity index (χ2v) is 7.72. The molecule has 2 heterocycles. The summed E-state index contributed by atoms with van der Waals surface area (Å²) in [7, 11) is 0. The number of rotatable bonds is 6. The molecule has 3 nitrogen and oxygen atoms in total. The van der Waals surface area contributed by atoms with Crippen LogP contribution >= 0.6 is 27.3 Å². The van der Waals surface area contributed by atoms with E-state index in [1.807, 2.05) is 4.68 Å². The Morgan fingerprint density at radius 1 is 1.42 bits per heavy atom. The first-order valence-corrected chi connectivity index (χ1v) is 8.13. The number of nitrogens with one attached hydrogen (secondary N) is 1. The van der Waals surface area contributed by atoms with Crippen molar-refractivity contribution in [1.29, 1.82) is 0 Å². The normalized spacial score (nSPS) is 11.4. The van der Waals surface area contributed by atoms with Crippen molar-refractivity contribution < 1.29 is 0 Å². The highest BCUT2D eigenvalue weighted by atomic mass is 79.9. The Balaban J connectivity index is 1.96. The minimum absolute atomic E-state index is 0.679. The zero-order valence-electron chi connectivity index (χ0n) is 11.6. The van der Waals surface area contributed by atoms with Gasteiger partial charge in [-0.1, -0.05) is 13.8 Å². The molecule has 1 N–H and O–H groups in total. The van der Waals surface area contributed by atoms with Gasteiger partial charge in [0.15, 0.2) is 0 Å². The van der Waals surface area contributed by atoms with Gasteiger partial charge < -0.3 is 5.32 Å². The number of aryl methyl sites for hydroxylation is 1. The van der Waals surface area contributed by atoms with Gasteiger partial charge in [-0.15, -0.1) is 11.3 Å². The first-order valence-electron chi connectivity index (χ1n) is 6.52. The molecule has 0 atom stereocenters. The van der Waals surface area contributed by atoms with Crippen molar-refractivity contribution in [3.63, 3.8) is 0 Å². The van der Waals surface area contributed by atoms with E-state index in [1.165, 1.54) is 14.2 Å². The van der Waals surface area contributed by atoms with Crippen molar-refractivity contribution in [2.24, 2.45) is 5.92 Å². The molecule has 0 radical (unpaired) electrons. The lowest BCUT2D eigenvalue weighted by atomic mass is 10.2. The van der Waals surface area contributed by atoms with Crippen LogP contribution in [-0.4, -0.2) is 16.3 Å². The van der Waals surface area contributed by atoms with E-state index in [2.05, 4.69) is 65.4 Å². The van der Waals surface area contributed by atoms with E-state index in [4.69, 9.17) is 0 Å². The predicted molar refractivity (Wildman–Crippen MR) is 84.6 cm³/mol. The second kappa shape index (κ2) is 6.68. The molecule has 0 aliphatic carbocycles. The van der Waals surface area contributed by atoms with Crippen LogP contribution < -0.4 is 5.32 Å². The minimum atomic E-state index is 0.679. The Morgan fingerprint density at radius 2 is 2.21 bits per heavy atom. The molecular weight excluding hydrogens is 322 g/mol. The Bertz CT molecular complexity index is 531. The van der Waals surface area contributed by atoms with Crippen LogP contribution in [0.2, 0.25) is 0 Å². The van der Waals surface area contributed by atoms with Gasteiger partial charge in [-0.3, -0.25) is 4.68 Å². The van der Waals surface area contributed by atoms with Crippen molar-refractivity contribution in [3.05, 3.63) is 38.3 Å². The van der Waals surface area contributed by atoms with Crippen LogP contribution in [0.4, 0.5) is 0 Å². The van der Waals surface area contributed by atoms with Gasteiger partial charge >= 0.3 is 0 Å². The maximum absolute atomic E-state index is 4.58. The Labute approximate surface area is 127 Å². The molecule has 5 heteroatoms. The first-order chi connectivity index (χ1) is 9.04. The molecule has 0 aliphatic heterocycles. The van der Waals surface area contributed by atoms with Crippen LogP contribution in [0.1, 0.15) is 30.0 Å². The highest BCUT2D eigenvalue weighted by molar-refractivity contribution is 9.11. The Hall–Kier alpha value is -0.650. The Kier molecular flexibility index (Phi) is 5.19. The number of hydrogen-bond acceptors (Lipinski definition) is 3. The third-order valence-corrected chi connectivity index (χ3v) is 4.47. The van der Waals surface area contributed by atoms with E-state index in [0.717, 1.165) is 25.3 Å². The van der Waals surface area contributed by atoms with E-state index < -0.39 is 0 Å². The number of nitrogens with zero attached hydrogens (tertiary/aromatic N) is 2. The van der Waals surface area contributed by atoms with Crippen LogP contribution in [0.5, 0.6) is 0 Å². The smallest absolute Gasteiger partial charge is 0.0752 e. The SMILES string of the molecule is Cc1nn(Cc2ccc(Br)s2)cc1CNCC(C)C. The lowest BCUT2D eigenvalue weighted by Gasteiger charge is -2.05. The van der Waals surface area contributed by atoms with Gasteiger partial charge in [0.1, 0.15) is 0 Å². The summed E-state index contributed by atoms with van der Waals surface area (Å²) in [5.41, 5.74) is 2.41. The van der Waals surface area contributed by atoms with Crippen molar-refractivity contribution in [3.8, 4) is 0 Å². The van der Waals surface area contributed by atoms with Crippen molar-refractivity contribution in [2.75, 3.05) is 6.54 Å². The fraction of sp³-hybridized carbons (Fsp3) is 0.500. The lowest BCUT2D eigenvalue weighted by molar-refractivity contribution is 0.551. The molecule has 0 bridgehead atoms. The summed E-state index contributed by atoms with van der Waals surface area (Å²) in [6.45, 7) is 9.31. The van der Waals surface area contributed by atoms with Crippen LogP contribution in [0.15, 0.2) is 22.1 Å². The van der Waals surface area contributed by atoms with E-state index in [1.54, 1.807) is 11.3 Å². The largest absolute Gasteiger partial charge is 0.312 e. The van der Waals surface area contributed by atoms with Crippen LogP contribution in [0, 0.1) is 12.8 Å². The molecular formula is C14H20BrN3S. The Morgan fingerprint density at radius 3 is 2.84 bits per heavy atom. The van der Waals surface area contributed by atoms with Crippen molar-refractivity contribution in [2.45, 2.75) is 33.9 Å². The van der Waals surface area contributed by atoms with E-state index in [0.29, 0.717) is 5.92 Å². The standard InChI is InChI=1S/C14H20BrN3S/c1-10(2)6-16-7-12-8-18(17-11(12)3)9-13-4-5-14(15)19-13/h4-5,8,10,16H,6-7,9H2,1-3H3. The number of thiophene rings is 1. The molecule has 2 aromatic rings. The second-order valence-electron chi connectivity index (χ2n) is 5.17. The molecule has 0 saturated heterocycles. The maximum atomic E-state index is 4.58. The van der Waals surface area contributed by atoms with Crippen LogP contribution in [0.3, 0.4) is 0 Å². The summed E-state index contributed by atoms with van der Waals surface area (Å²) in [4.78, 5) is 1.32. The predicted octanol–water partition coefficient (Wildman–Crippen LogP) is 3.81. The fourth-order valence-electron chi connectivity index (χ4n) is 1.91. The number of halogens is 1. The molecule has 0 fully saturated rings. The number of hydrogen-bond donors (Lipinski definition) is 1. The average Bonchev–Trinajstić information content (AvgIpc) is 2.86. The van der Waals surface area contributed by atoms with E-state index in [9.17, 15) is 0 Å². The molecule has 0 unspecified atom stereocenters. The maximum Gasteiger partial charge on any atom is 0.0752 e. The van der Waals surface area contributed by atoms with Gasteiger partial charge in [-0.2, -0.15) is 5.10 Å². The molecule has 19 heavy (non-hydrogen) atoms. The number of aromatic nitrogens is 2. The highest BCUT2D eigenvalue weighted by Gasteiger charge is 2.06. The molecule has 0 aromatic carbocycles. The zero-order chi connectivity index (χ0) is 13.8. The summed E-state index contributed by atoms with van der Waals surface area (Å²) in [6, 6.07) is 4.23. The average molecular weight is 342 g/mol. The molecule has 0 aliphatic rings. The summed E-state index contributed by atoms with van der Waals surface area (Å²) in [6.07, 6.45) is 2.15. The molecule has 2 aromatic heterocycles. The minimum Gasteiger partial charge on any atom is -0.312 e. The van der Waals surface area contributed by atoms with Gasteiger partial charge in [0.05, 0.1) is 16.0 Å². The van der Waals surface area contributed by atoms with Gasteiger partial charge in [0, 0.05) is 23.2 Å². The van der Waals surface area contributed by atoms with Crippen molar-refractivity contribution >= 4 is 27.3 Å². The third-order valence-electron chi connectivity index (χ3n) is 2.86. The quantitative estimate of drug-likeness (QED) is 0.865. The molecule has 104 valence electrons. The monoisotopic (exact) mass is 341 g/mol. The van der Waals surface area contributed by atoms with E-state index in [-0.39, 0.29) is 0 Å². The summed E-state index contributed by atoms with van der Waals surface area (Å²) < 4.78 is 3.20. The van der Waals surface area contributed by atoms with Crippen LogP contribution in [-0.2, 0) is 13.1 Å². The summed E-state index contributed by atoms with van der Waals surface area (Å²) in [5, 5.41) is 8.05. The van der Waals surface area contributed by atoms with E-state index >= 15 is 0 Å². The van der Waals surface area contributed by atoms with Gasteiger partial charge in [0.25, 0.3) is 0 Å². The van der Waals surface area contributed by atoms with Crippen LogP contribution in [0.25, 0.3) is 0 Å². The summed E-state index contributed by atoms with van der Waals surface area (Å²) in [5.74, 6) is 0.679. The van der Waals surface area contributed by atoms with Crippen molar-refractivity contribution in [1.82, 2.24) is 15.1 Å². The topological polar surface area (TPSA) is 29.9 Å². The third kappa shape index (κ3) is 4.44. The highest BCUT2D eigenvalue weighted by Crippen LogP contribution is 2.22. The first kappa shape index (κ1) is 14.8. The molecule has 0 saturated carbocycles. The van der Waals surface area contributed by atoms with Gasteiger partial charge in [-0.05, 0) is 47.4 Å². The molecule has 0 amide bonds. The van der Waals surface area contributed by atoms with Gasteiger partial charge in [-0.25, -0.2) is 0 Å². The zero-order valence-corrected chi connectivity index (χ0v) is 14.0. The molecule has 0 spiro atoms. The van der Waals surface area contributed by atoms with Gasteiger partial charge in [0.2, 0.25) is 0 Å². The summed E-state index contributed by atoms with van der Waals surface area (Å²) >= 11 is 5.25. The molecule has 2 rings (SSSR count). The fourth-order valence-corrected chi connectivity index (χ4v) is 3.38.